The topological polar surface area (TPSA) is 182 Å². The van der Waals surface area contributed by atoms with E-state index in [1.54, 1.807) is 56.3 Å². The van der Waals surface area contributed by atoms with Crippen LogP contribution in [0.2, 0.25) is 10.0 Å². The molecule has 1 aromatic heterocycles. The maximum atomic E-state index is 12.8. The zero-order valence-corrected chi connectivity index (χ0v) is 23.0. The molecule has 3 aromatic rings. The van der Waals surface area contributed by atoms with Gasteiger partial charge in [0.2, 0.25) is 0 Å². The van der Waals surface area contributed by atoms with Crippen LogP contribution in [0, 0.1) is 5.92 Å². The quantitative estimate of drug-likeness (QED) is 0.128. The van der Waals surface area contributed by atoms with Gasteiger partial charge in [0, 0.05) is 22.2 Å². The Labute approximate surface area is 239 Å². The van der Waals surface area contributed by atoms with E-state index in [2.05, 4.69) is 15.7 Å². The number of carboxylic acids is 1. The van der Waals surface area contributed by atoms with Crippen molar-refractivity contribution in [3.05, 3.63) is 70.0 Å². The second-order valence-corrected chi connectivity index (χ2v) is 9.83. The number of rotatable bonds is 13. The Hall–Kier alpha value is -3.75. The summed E-state index contributed by atoms with van der Waals surface area (Å²) in [7, 11) is 0. The number of halogens is 2. The second kappa shape index (κ2) is 14.1. The monoisotopic (exact) mass is 594 g/mol. The third-order valence-corrected chi connectivity index (χ3v) is 6.15. The average Bonchev–Trinajstić information content (AvgIpc) is 3.39. The van der Waals surface area contributed by atoms with Crippen molar-refractivity contribution >= 4 is 41.0 Å². The predicted octanol–water partition coefficient (Wildman–Crippen LogP) is 1.76. The van der Waals surface area contributed by atoms with E-state index >= 15 is 0 Å². The molecule has 5 N–H and O–H groups in total. The summed E-state index contributed by atoms with van der Waals surface area (Å²) in [5.74, 6) is -3.01. The number of aliphatic carboxylic acids is 1. The minimum atomic E-state index is -1.78. The molecule has 1 amide bonds. The fourth-order valence-electron chi connectivity index (χ4n) is 3.29. The highest BCUT2D eigenvalue weighted by atomic mass is 35.5. The molecular weight excluding hydrogens is 567 g/mol. The number of ether oxygens (including phenoxy) is 1. The van der Waals surface area contributed by atoms with Gasteiger partial charge in [-0.05, 0) is 40.5 Å². The lowest BCUT2D eigenvalue weighted by molar-refractivity contribution is -0.160. The molecule has 13 nitrogen and oxygen atoms in total. The normalized spacial score (nSPS) is 12.7. The third kappa shape index (κ3) is 8.63. The number of aromatic nitrogens is 3. The summed E-state index contributed by atoms with van der Waals surface area (Å²) in [6.07, 6.45) is -0.656. The Morgan fingerprint density at radius 3 is 2.50 bits per heavy atom. The van der Waals surface area contributed by atoms with Crippen LogP contribution < -0.4 is 16.0 Å². The summed E-state index contributed by atoms with van der Waals surface area (Å²) < 4.78 is 4.90. The maximum Gasteiger partial charge on any atom is 0.333 e. The molecule has 1 heterocycles. The highest BCUT2D eigenvalue weighted by molar-refractivity contribution is 6.35. The third-order valence-electron chi connectivity index (χ3n) is 5.59. The van der Waals surface area contributed by atoms with Crippen molar-refractivity contribution in [1.82, 2.24) is 25.6 Å². The maximum absolute atomic E-state index is 12.8. The van der Waals surface area contributed by atoms with E-state index in [9.17, 15) is 19.5 Å². The summed E-state index contributed by atoms with van der Waals surface area (Å²) in [5.41, 5.74) is 10.2. The van der Waals surface area contributed by atoms with Crippen molar-refractivity contribution < 1.29 is 34.2 Å². The van der Waals surface area contributed by atoms with Crippen LogP contribution in [0.15, 0.2) is 48.7 Å². The van der Waals surface area contributed by atoms with E-state index in [-0.39, 0.29) is 18.2 Å². The van der Waals surface area contributed by atoms with Gasteiger partial charge in [0.1, 0.15) is 12.2 Å². The Morgan fingerprint density at radius 2 is 1.85 bits per heavy atom. The number of aliphatic hydroxyl groups is 1. The number of amides is 1. The molecule has 0 aliphatic heterocycles. The number of carboxylic acid groups (broad SMARTS) is 1. The second-order valence-electron chi connectivity index (χ2n) is 8.98. The molecule has 214 valence electrons. The number of nitrogens with zero attached hydrogens (tertiary/aromatic N) is 4. The van der Waals surface area contributed by atoms with Crippen molar-refractivity contribution in [1.29, 1.82) is 0 Å². The van der Waals surface area contributed by atoms with Gasteiger partial charge < -0.3 is 25.5 Å². The lowest BCUT2D eigenvalue weighted by Gasteiger charge is -2.24. The number of esters is 1. The Kier molecular flexibility index (Phi) is 10.8. The molecular formula is C25H28Cl2N6O7. The van der Waals surface area contributed by atoms with Crippen LogP contribution in [0.3, 0.4) is 0 Å². The summed E-state index contributed by atoms with van der Waals surface area (Å²) >= 11 is 12.4. The van der Waals surface area contributed by atoms with Gasteiger partial charge in [-0.15, -0.1) is 5.10 Å². The van der Waals surface area contributed by atoms with E-state index < -0.39 is 43.3 Å². The molecule has 2 unspecified atom stereocenters. The molecule has 2 aromatic carbocycles. The smallest absolute Gasteiger partial charge is 0.333 e. The van der Waals surface area contributed by atoms with Gasteiger partial charge in [-0.2, -0.15) is 0 Å². The summed E-state index contributed by atoms with van der Waals surface area (Å²) in [6, 6.07) is 11.4. The molecule has 0 aliphatic carbocycles. The van der Waals surface area contributed by atoms with Crippen molar-refractivity contribution in [3.63, 3.8) is 0 Å². The standard InChI is InChI=1S/C25H28Cl2N6O7/c1-14(2)22(28)25(38)39-13-40-33-11-20(29-31-33)23(35)30-32(12-21(34)24(36)37)10-15-3-5-16(6-4-15)18-9-17(26)7-8-19(18)27/h3-9,11,14,21-22,34H,10,12-13,28H2,1-2H3,(H,30,35)(H,36,37). The predicted molar refractivity (Wildman–Crippen MR) is 144 cm³/mol. The lowest BCUT2D eigenvalue weighted by Crippen LogP contribution is -2.47. The number of carbonyl (C=O) groups excluding carboxylic acids is 2. The Balaban J connectivity index is 1.65. The van der Waals surface area contributed by atoms with Crippen molar-refractivity contribution in [2.24, 2.45) is 11.7 Å². The van der Waals surface area contributed by atoms with E-state index in [1.165, 1.54) is 5.01 Å². The highest BCUT2D eigenvalue weighted by Gasteiger charge is 2.22. The van der Waals surface area contributed by atoms with Gasteiger partial charge in [-0.1, -0.05) is 66.2 Å². The zero-order valence-electron chi connectivity index (χ0n) is 21.5. The number of nitrogens with one attached hydrogen (secondary N) is 1. The van der Waals surface area contributed by atoms with Gasteiger partial charge in [0.05, 0.1) is 6.54 Å². The SMILES string of the molecule is CC(C)C(N)C(=O)OCOn1cc(C(=O)NN(Cc2ccc(-c3cc(Cl)ccc3Cl)cc2)CC(O)C(=O)O)nn1. The fraction of sp³-hybridized carbons (Fsp3) is 0.320. The van der Waals surface area contributed by atoms with Gasteiger partial charge >= 0.3 is 11.9 Å². The van der Waals surface area contributed by atoms with Gasteiger partial charge in [0.25, 0.3) is 12.7 Å². The number of nitrogens with two attached hydrogens (primary N) is 1. The van der Waals surface area contributed by atoms with Crippen molar-refractivity contribution in [2.45, 2.75) is 32.5 Å². The molecule has 0 aliphatic rings. The minimum Gasteiger partial charge on any atom is -0.479 e. The first kappa shape index (κ1) is 30.8. The first-order valence-corrected chi connectivity index (χ1v) is 12.7. The van der Waals surface area contributed by atoms with Crippen molar-refractivity contribution in [3.8, 4) is 11.1 Å². The molecule has 0 saturated heterocycles. The number of aliphatic hydroxyl groups excluding tert-OH is 1. The largest absolute Gasteiger partial charge is 0.479 e. The van der Waals surface area contributed by atoms with Crippen LogP contribution in [0.4, 0.5) is 0 Å². The van der Waals surface area contributed by atoms with Gasteiger partial charge in [0.15, 0.2) is 11.8 Å². The highest BCUT2D eigenvalue weighted by Crippen LogP contribution is 2.30. The zero-order chi connectivity index (χ0) is 29.4. The van der Waals surface area contributed by atoms with Crippen LogP contribution in [0.1, 0.15) is 29.9 Å². The number of carbonyl (C=O) groups is 3. The first-order chi connectivity index (χ1) is 18.9. The summed E-state index contributed by atoms with van der Waals surface area (Å²) in [6.45, 7) is 2.62. The molecule has 0 saturated carbocycles. The van der Waals surface area contributed by atoms with Gasteiger partial charge in [-0.25, -0.2) is 9.80 Å². The lowest BCUT2D eigenvalue weighted by atomic mass is 10.0. The fourth-order valence-corrected chi connectivity index (χ4v) is 3.69. The van der Waals surface area contributed by atoms with Gasteiger partial charge in [-0.3, -0.25) is 15.0 Å². The molecule has 0 bridgehead atoms. The number of benzene rings is 2. The molecule has 3 rings (SSSR count). The number of hydrazine groups is 1. The van der Waals surface area contributed by atoms with E-state index in [0.717, 1.165) is 22.2 Å². The Morgan fingerprint density at radius 1 is 1.15 bits per heavy atom. The number of hydrogen-bond acceptors (Lipinski definition) is 10. The molecule has 0 spiro atoms. The van der Waals surface area contributed by atoms with E-state index in [0.29, 0.717) is 15.6 Å². The van der Waals surface area contributed by atoms with Crippen LogP contribution >= 0.6 is 23.2 Å². The summed E-state index contributed by atoms with van der Waals surface area (Å²) in [4.78, 5) is 41.7. The first-order valence-electron chi connectivity index (χ1n) is 11.9. The van der Waals surface area contributed by atoms with Crippen LogP contribution in [-0.2, 0) is 20.9 Å². The Bertz CT molecular complexity index is 1340. The number of hydrogen-bond donors (Lipinski definition) is 4. The molecule has 2 atom stereocenters. The molecule has 15 heteroatoms. The average molecular weight is 595 g/mol. The van der Waals surface area contributed by atoms with E-state index in [4.69, 9.17) is 43.6 Å². The van der Waals surface area contributed by atoms with Crippen LogP contribution in [0.25, 0.3) is 11.1 Å². The van der Waals surface area contributed by atoms with Crippen molar-refractivity contribution in [2.75, 3.05) is 13.3 Å². The molecule has 0 radical (unpaired) electrons. The van der Waals surface area contributed by atoms with Crippen LogP contribution in [0.5, 0.6) is 0 Å². The molecule has 40 heavy (non-hydrogen) atoms. The summed E-state index contributed by atoms with van der Waals surface area (Å²) in [5, 5.41) is 28.6. The van der Waals surface area contributed by atoms with Crippen LogP contribution in [-0.4, -0.2) is 73.7 Å². The molecule has 0 fully saturated rings. The van der Waals surface area contributed by atoms with E-state index in [1.807, 2.05) is 0 Å². The minimum absolute atomic E-state index is 0.0380.